The third-order valence-electron chi connectivity index (χ3n) is 4.55. The zero-order valence-electron chi connectivity index (χ0n) is 17.3. The molecule has 1 heterocycles. The van der Waals surface area contributed by atoms with Crippen LogP contribution in [0.2, 0.25) is 0 Å². The summed E-state index contributed by atoms with van der Waals surface area (Å²) in [6.07, 6.45) is 1.66. The van der Waals surface area contributed by atoms with Crippen molar-refractivity contribution in [3.8, 4) is 11.1 Å². The van der Waals surface area contributed by atoms with E-state index in [1.807, 2.05) is 54.6 Å². The van der Waals surface area contributed by atoms with Crippen molar-refractivity contribution >= 4 is 18.1 Å². The lowest BCUT2D eigenvalue weighted by Gasteiger charge is -2.18. The fourth-order valence-electron chi connectivity index (χ4n) is 3.09. The summed E-state index contributed by atoms with van der Waals surface area (Å²) in [4.78, 5) is 25.8. The summed E-state index contributed by atoms with van der Waals surface area (Å²) in [7, 11) is 0. The molecule has 1 fully saturated rings. The summed E-state index contributed by atoms with van der Waals surface area (Å²) in [5.74, 6) is -1.24. The average Bonchev–Trinajstić information content (AvgIpc) is 3.01. The molecule has 1 saturated heterocycles. The Balaban J connectivity index is 1.60. The minimum atomic E-state index is -2.44. The number of carbonyl (C=O) groups excluding carboxylic acids is 2. The lowest BCUT2D eigenvalue weighted by Crippen LogP contribution is -2.32. The number of amides is 2. The van der Waals surface area contributed by atoms with Gasteiger partial charge in [0.1, 0.15) is 18.4 Å². The van der Waals surface area contributed by atoms with Gasteiger partial charge in [-0.05, 0) is 46.5 Å². The molecule has 3 aromatic rings. The smallest absolute Gasteiger partial charge is 0.417 e. The zero-order valence-corrected chi connectivity index (χ0v) is 15.3. The molecule has 2 amide bonds. The zero-order chi connectivity index (χ0) is 22.0. The number of ether oxygens (including phenoxy) is 1. The van der Waals surface area contributed by atoms with Gasteiger partial charge in [0.25, 0.3) is 5.91 Å². The largest absolute Gasteiger partial charge is 0.446 e. The van der Waals surface area contributed by atoms with Crippen LogP contribution in [-0.2, 0) is 9.53 Å². The third kappa shape index (κ3) is 4.09. The van der Waals surface area contributed by atoms with E-state index >= 15 is 0 Å². The molecule has 4 nitrogen and oxygen atoms in total. The number of hydrogen-bond donors (Lipinski definition) is 0. The molecule has 0 N–H and O–H groups in total. The molecule has 1 unspecified atom stereocenters. The molecule has 0 aliphatic carbocycles. The van der Waals surface area contributed by atoms with Gasteiger partial charge in [0.15, 0.2) is 0 Å². The molecular weight excluding hydrogens is 369 g/mol. The Labute approximate surface area is 170 Å². The van der Waals surface area contributed by atoms with Crippen LogP contribution in [0.25, 0.3) is 17.2 Å². The number of carbonyl (C=O) groups is 2. The predicted octanol–water partition coefficient (Wildman–Crippen LogP) is 5.23. The number of hydrogen-bond acceptors (Lipinski definition) is 3. The Morgan fingerprint density at radius 1 is 1.03 bits per heavy atom. The molecule has 1 atom stereocenters. The van der Waals surface area contributed by atoms with E-state index in [1.54, 1.807) is 6.08 Å². The second-order valence-electron chi connectivity index (χ2n) is 6.47. The highest BCUT2D eigenvalue weighted by Gasteiger charge is 2.37. The highest BCUT2D eigenvalue weighted by molar-refractivity contribution is 6.02. The molecule has 0 saturated carbocycles. The first-order chi connectivity index (χ1) is 14.8. The highest BCUT2D eigenvalue weighted by atomic mass is 19.1. The van der Waals surface area contributed by atoms with E-state index in [0.29, 0.717) is 4.90 Å². The third-order valence-corrected chi connectivity index (χ3v) is 4.55. The monoisotopic (exact) mass is 389 g/mol. The highest BCUT2D eigenvalue weighted by Crippen LogP contribution is 2.28. The minimum absolute atomic E-state index is 0.255. The molecule has 1 aliphatic rings. The summed E-state index contributed by atoms with van der Waals surface area (Å²) in [6, 6.07) is 20.9. The van der Waals surface area contributed by atoms with Crippen LogP contribution in [0, 0.1) is 5.82 Å². The van der Waals surface area contributed by atoms with Crippen LogP contribution in [0.5, 0.6) is 0 Å². The quantitative estimate of drug-likeness (QED) is 0.574. The van der Waals surface area contributed by atoms with E-state index in [9.17, 15) is 14.0 Å². The normalized spacial score (nSPS) is 19.0. The van der Waals surface area contributed by atoms with Crippen LogP contribution in [0.1, 0.15) is 19.9 Å². The number of imide groups is 1. The summed E-state index contributed by atoms with van der Waals surface area (Å²) < 4.78 is 34.1. The van der Waals surface area contributed by atoms with Gasteiger partial charge in [-0.2, -0.15) is 0 Å². The molecule has 0 radical (unpaired) electrons. The lowest BCUT2D eigenvalue weighted by atomic mass is 10.0. The van der Waals surface area contributed by atoms with Crippen LogP contribution in [0.15, 0.2) is 84.9 Å². The molecule has 29 heavy (non-hydrogen) atoms. The number of rotatable bonds is 4. The van der Waals surface area contributed by atoms with Gasteiger partial charge in [0.05, 0.1) is 2.74 Å². The molecule has 5 heteroatoms. The van der Waals surface area contributed by atoms with Crippen molar-refractivity contribution in [2.45, 2.75) is 6.04 Å². The average molecular weight is 389 g/mol. The van der Waals surface area contributed by atoms with Gasteiger partial charge in [0, 0.05) is 6.08 Å². The molecule has 3 aromatic carbocycles. The Kier molecular flexibility index (Phi) is 4.54. The van der Waals surface area contributed by atoms with Crippen LogP contribution in [-0.4, -0.2) is 23.5 Å². The van der Waals surface area contributed by atoms with E-state index in [0.717, 1.165) is 28.8 Å². The van der Waals surface area contributed by atoms with Crippen LogP contribution < -0.4 is 0 Å². The first-order valence-corrected chi connectivity index (χ1v) is 9.00. The van der Waals surface area contributed by atoms with Gasteiger partial charge < -0.3 is 4.74 Å². The summed E-state index contributed by atoms with van der Waals surface area (Å²) in [6.45, 7) is -2.44. The van der Waals surface area contributed by atoms with Crippen LogP contribution >= 0.6 is 0 Å². The Morgan fingerprint density at radius 3 is 2.52 bits per heavy atom. The van der Waals surface area contributed by atoms with Gasteiger partial charge in [-0.15, -0.1) is 0 Å². The number of nitrogens with zero attached hydrogens (tertiary/aromatic N) is 1. The Morgan fingerprint density at radius 2 is 1.76 bits per heavy atom. The van der Waals surface area contributed by atoms with Crippen molar-refractivity contribution in [1.82, 2.24) is 4.90 Å². The number of cyclic esters (lactones) is 1. The van der Waals surface area contributed by atoms with Crippen molar-refractivity contribution in [2.75, 3.05) is 6.56 Å². The summed E-state index contributed by atoms with van der Waals surface area (Å²) in [5.41, 5.74) is 2.99. The van der Waals surface area contributed by atoms with E-state index in [-0.39, 0.29) is 5.56 Å². The maximum absolute atomic E-state index is 13.3. The molecule has 0 aromatic heterocycles. The van der Waals surface area contributed by atoms with Crippen molar-refractivity contribution < 1.29 is 21.5 Å². The summed E-state index contributed by atoms with van der Waals surface area (Å²) in [5, 5.41) is 0. The van der Waals surface area contributed by atoms with Gasteiger partial charge in [-0.1, -0.05) is 60.7 Å². The fourth-order valence-corrected chi connectivity index (χ4v) is 3.09. The maximum atomic E-state index is 13.3. The molecule has 1 aliphatic heterocycles. The molecule has 0 spiro atoms. The van der Waals surface area contributed by atoms with Gasteiger partial charge in [0.2, 0.25) is 0 Å². The molecular formula is C24H18FNO3. The maximum Gasteiger partial charge on any atom is 0.417 e. The van der Waals surface area contributed by atoms with Crippen molar-refractivity contribution in [3.05, 3.63) is 102 Å². The first-order valence-electron chi connectivity index (χ1n) is 10.0. The second-order valence-corrected chi connectivity index (χ2v) is 6.47. The van der Waals surface area contributed by atoms with Gasteiger partial charge >= 0.3 is 6.09 Å². The Hall–Kier alpha value is -3.73. The van der Waals surface area contributed by atoms with E-state index in [4.69, 9.17) is 7.48 Å². The van der Waals surface area contributed by atoms with Crippen molar-refractivity contribution in [2.24, 2.45) is 0 Å². The van der Waals surface area contributed by atoms with E-state index in [1.165, 1.54) is 18.2 Å². The molecule has 4 rings (SSSR count). The van der Waals surface area contributed by atoms with Crippen molar-refractivity contribution in [3.63, 3.8) is 0 Å². The van der Waals surface area contributed by atoms with Crippen LogP contribution in [0.3, 0.4) is 0 Å². The number of halogens is 1. The Bertz CT molecular complexity index is 1150. The van der Waals surface area contributed by atoms with Gasteiger partial charge in [-0.25, -0.2) is 14.1 Å². The standard InChI is InChI=1S/C24H18FNO3/c25-21-12-10-19(11-13-21)22-16-29-24(28)26(22)23(27)14-9-17-5-4-8-20(15-17)18-6-2-1-3-7-18/h1-15,22H,16H2/i16D2. The fraction of sp³-hybridized carbons (Fsp3) is 0.0833. The van der Waals surface area contributed by atoms with E-state index in [2.05, 4.69) is 0 Å². The number of benzene rings is 3. The van der Waals surface area contributed by atoms with Gasteiger partial charge in [-0.3, -0.25) is 4.79 Å². The molecule has 144 valence electrons. The van der Waals surface area contributed by atoms with Crippen LogP contribution in [0.4, 0.5) is 9.18 Å². The second kappa shape index (κ2) is 8.10. The predicted molar refractivity (Wildman–Crippen MR) is 108 cm³/mol. The summed E-state index contributed by atoms with van der Waals surface area (Å²) >= 11 is 0. The minimum Gasteiger partial charge on any atom is -0.446 e. The SMILES string of the molecule is [2H]C1([2H])OC(=O)N(C(=O)C=Cc2cccc(-c3ccccc3)c2)C1c1ccc(F)cc1. The van der Waals surface area contributed by atoms with E-state index < -0.39 is 30.4 Å². The topological polar surface area (TPSA) is 46.6 Å². The van der Waals surface area contributed by atoms with Crippen molar-refractivity contribution in [1.29, 1.82) is 0 Å². The molecule has 0 bridgehead atoms. The first kappa shape index (κ1) is 16.2. The lowest BCUT2D eigenvalue weighted by molar-refractivity contribution is -0.124.